The Bertz CT molecular complexity index is 781. The maximum Gasteiger partial charge on any atom is 0.338 e. The van der Waals surface area contributed by atoms with Gasteiger partial charge in [0, 0.05) is 23.7 Å². The molecule has 1 aromatic heterocycles. The van der Waals surface area contributed by atoms with Crippen LogP contribution in [0.1, 0.15) is 43.1 Å². The number of benzene rings is 1. The predicted molar refractivity (Wildman–Crippen MR) is 92.7 cm³/mol. The molecular weight excluding hydrogens is 290 g/mol. The molecule has 0 atom stereocenters. The van der Waals surface area contributed by atoms with Crippen molar-refractivity contribution < 1.29 is 9.53 Å². The second kappa shape index (κ2) is 5.74. The van der Waals surface area contributed by atoms with Crippen LogP contribution in [0.4, 0.5) is 0 Å². The van der Waals surface area contributed by atoms with Crippen LogP contribution >= 0.6 is 0 Å². The molecule has 23 heavy (non-hydrogen) atoms. The van der Waals surface area contributed by atoms with Gasteiger partial charge >= 0.3 is 5.97 Å². The fraction of sp³-hybridized carbons (Fsp3) is 0.389. The lowest BCUT2D eigenvalue weighted by Gasteiger charge is -2.19. The minimum atomic E-state index is -0.508. The number of hydrogen-bond acceptors (Lipinski definition) is 4. The van der Waals surface area contributed by atoms with E-state index in [2.05, 4.69) is 11.4 Å². The smallest absolute Gasteiger partial charge is 0.338 e. The quantitative estimate of drug-likeness (QED) is 0.660. The van der Waals surface area contributed by atoms with E-state index in [9.17, 15) is 4.79 Å². The number of hydrogen-bond donors (Lipinski definition) is 2. The van der Waals surface area contributed by atoms with Gasteiger partial charge in [-0.05, 0) is 57.5 Å². The van der Waals surface area contributed by atoms with E-state index in [1.54, 1.807) is 10.7 Å². The molecule has 5 nitrogen and oxygen atoms in total. The standard InChI is InChI=1S/C18H23N3O2/c1-18(2,3)23-17(22)13-4-5-16-14(10-13)15(11-21(16)19)12-6-8-20-9-7-12/h4-6,10-11,20H,7-9,19H2,1-3H3. The number of nitrogens with one attached hydrogen (secondary N) is 1. The molecule has 1 aliphatic rings. The molecule has 0 radical (unpaired) electrons. The van der Waals surface area contributed by atoms with Crippen LogP contribution in [0.25, 0.3) is 16.5 Å². The van der Waals surface area contributed by atoms with Gasteiger partial charge in [-0.3, -0.25) is 4.68 Å². The molecule has 2 heterocycles. The Morgan fingerprint density at radius 2 is 2.13 bits per heavy atom. The van der Waals surface area contributed by atoms with Crippen molar-refractivity contribution in [3.05, 3.63) is 41.6 Å². The van der Waals surface area contributed by atoms with Gasteiger partial charge < -0.3 is 15.9 Å². The van der Waals surface area contributed by atoms with E-state index in [4.69, 9.17) is 10.6 Å². The minimum absolute atomic E-state index is 0.311. The first-order valence-corrected chi connectivity index (χ1v) is 7.89. The van der Waals surface area contributed by atoms with Gasteiger partial charge in [0.1, 0.15) is 5.60 Å². The van der Waals surface area contributed by atoms with Gasteiger partial charge in [-0.15, -0.1) is 0 Å². The number of nitrogens with two attached hydrogens (primary N) is 1. The van der Waals surface area contributed by atoms with Crippen LogP contribution in [0.15, 0.2) is 30.5 Å². The molecule has 2 aromatic rings. The summed E-state index contributed by atoms with van der Waals surface area (Å²) in [4.78, 5) is 12.3. The van der Waals surface area contributed by atoms with Crippen LogP contribution in [0.2, 0.25) is 0 Å². The van der Waals surface area contributed by atoms with Crippen molar-refractivity contribution in [1.82, 2.24) is 9.99 Å². The van der Waals surface area contributed by atoms with Crippen LogP contribution < -0.4 is 11.2 Å². The van der Waals surface area contributed by atoms with Crippen molar-refractivity contribution in [2.45, 2.75) is 32.8 Å². The molecule has 3 N–H and O–H groups in total. The van der Waals surface area contributed by atoms with Crippen LogP contribution in [-0.4, -0.2) is 29.3 Å². The lowest BCUT2D eigenvalue weighted by Crippen LogP contribution is -2.23. The number of ether oxygens (including phenoxy) is 1. The van der Waals surface area contributed by atoms with Crippen molar-refractivity contribution in [3.63, 3.8) is 0 Å². The number of aromatic nitrogens is 1. The highest BCUT2D eigenvalue weighted by molar-refractivity contribution is 5.99. The summed E-state index contributed by atoms with van der Waals surface area (Å²) in [5.74, 6) is 5.76. The molecule has 0 saturated carbocycles. The fourth-order valence-corrected chi connectivity index (χ4v) is 2.84. The van der Waals surface area contributed by atoms with E-state index >= 15 is 0 Å². The normalized spacial score (nSPS) is 15.5. The van der Waals surface area contributed by atoms with E-state index in [0.29, 0.717) is 5.56 Å². The number of rotatable bonds is 2. The lowest BCUT2D eigenvalue weighted by atomic mass is 9.99. The van der Waals surface area contributed by atoms with Crippen LogP contribution in [-0.2, 0) is 4.74 Å². The predicted octanol–water partition coefficient (Wildman–Crippen LogP) is 2.69. The molecule has 0 fully saturated rings. The summed E-state index contributed by atoms with van der Waals surface area (Å²) in [7, 11) is 0. The summed E-state index contributed by atoms with van der Waals surface area (Å²) < 4.78 is 7.08. The zero-order valence-electron chi connectivity index (χ0n) is 13.8. The third-order valence-electron chi connectivity index (χ3n) is 3.88. The van der Waals surface area contributed by atoms with Gasteiger partial charge in [-0.2, -0.15) is 0 Å². The van der Waals surface area contributed by atoms with Crippen LogP contribution in [0.3, 0.4) is 0 Å². The third-order valence-corrected chi connectivity index (χ3v) is 3.88. The maximum atomic E-state index is 12.3. The number of fused-ring (bicyclic) bond motifs is 1. The van der Waals surface area contributed by atoms with E-state index in [1.807, 2.05) is 39.1 Å². The van der Waals surface area contributed by atoms with Gasteiger partial charge in [0.2, 0.25) is 0 Å². The zero-order chi connectivity index (χ0) is 16.6. The average molecular weight is 313 g/mol. The molecule has 1 aliphatic heterocycles. The molecule has 5 heteroatoms. The summed E-state index contributed by atoms with van der Waals surface area (Å²) in [5, 5.41) is 4.30. The van der Waals surface area contributed by atoms with Gasteiger partial charge in [0.15, 0.2) is 0 Å². The Hall–Kier alpha value is -2.27. The van der Waals surface area contributed by atoms with Gasteiger partial charge in [0.05, 0.1) is 11.1 Å². The molecular formula is C18H23N3O2. The van der Waals surface area contributed by atoms with Crippen molar-refractivity contribution in [3.8, 4) is 0 Å². The molecule has 0 unspecified atom stereocenters. The number of carbonyl (C=O) groups excluding carboxylic acids is 1. The molecule has 122 valence electrons. The molecule has 0 saturated heterocycles. The van der Waals surface area contributed by atoms with Crippen molar-refractivity contribution in [1.29, 1.82) is 0 Å². The van der Waals surface area contributed by atoms with Gasteiger partial charge in [-0.25, -0.2) is 4.79 Å². The molecule has 0 amide bonds. The molecule has 0 bridgehead atoms. The van der Waals surface area contributed by atoms with Crippen LogP contribution in [0, 0.1) is 0 Å². The summed E-state index contributed by atoms with van der Waals surface area (Å²) in [5.41, 5.74) is 3.31. The Morgan fingerprint density at radius 1 is 1.35 bits per heavy atom. The van der Waals surface area contributed by atoms with Gasteiger partial charge in [0.25, 0.3) is 0 Å². The monoisotopic (exact) mass is 313 g/mol. The highest BCUT2D eigenvalue weighted by atomic mass is 16.6. The van der Waals surface area contributed by atoms with Crippen LogP contribution in [0.5, 0.6) is 0 Å². The molecule has 0 aliphatic carbocycles. The first-order chi connectivity index (χ1) is 10.8. The van der Waals surface area contributed by atoms with E-state index < -0.39 is 5.60 Å². The number of nitrogen functional groups attached to an aromatic ring is 1. The van der Waals surface area contributed by atoms with Crippen molar-refractivity contribution in [2.75, 3.05) is 18.9 Å². The topological polar surface area (TPSA) is 69.3 Å². The van der Waals surface area contributed by atoms with E-state index in [1.165, 1.54) is 5.57 Å². The Morgan fingerprint density at radius 3 is 2.78 bits per heavy atom. The summed E-state index contributed by atoms with van der Waals surface area (Å²) >= 11 is 0. The highest BCUT2D eigenvalue weighted by Gasteiger charge is 2.20. The average Bonchev–Trinajstić information content (AvgIpc) is 2.83. The number of esters is 1. The maximum absolute atomic E-state index is 12.3. The van der Waals surface area contributed by atoms with Crippen molar-refractivity contribution >= 4 is 22.4 Å². The highest BCUT2D eigenvalue weighted by Crippen LogP contribution is 2.30. The van der Waals surface area contributed by atoms with Gasteiger partial charge in [-0.1, -0.05) is 6.08 Å². The van der Waals surface area contributed by atoms with E-state index in [0.717, 1.165) is 36.0 Å². The molecule has 0 spiro atoms. The first-order valence-electron chi connectivity index (χ1n) is 7.89. The first kappa shape index (κ1) is 15.6. The Labute approximate surface area is 136 Å². The SMILES string of the molecule is CC(C)(C)OC(=O)c1ccc2c(c1)c(C1=CCNCC1)cn2N. The minimum Gasteiger partial charge on any atom is -0.456 e. The Balaban J connectivity index is 2.04. The lowest BCUT2D eigenvalue weighted by molar-refractivity contribution is 0.00697. The zero-order valence-corrected chi connectivity index (χ0v) is 13.8. The number of nitrogens with zero attached hydrogens (tertiary/aromatic N) is 1. The van der Waals surface area contributed by atoms with E-state index in [-0.39, 0.29) is 5.97 Å². The molecule has 1 aromatic carbocycles. The second-order valence-corrected chi connectivity index (χ2v) is 6.87. The summed E-state index contributed by atoms with van der Waals surface area (Å²) in [6, 6.07) is 5.52. The second-order valence-electron chi connectivity index (χ2n) is 6.87. The summed E-state index contributed by atoms with van der Waals surface area (Å²) in [6.45, 7) is 7.41. The van der Waals surface area contributed by atoms with Crippen molar-refractivity contribution in [2.24, 2.45) is 0 Å². The fourth-order valence-electron chi connectivity index (χ4n) is 2.84. The Kier molecular flexibility index (Phi) is 3.90. The molecule has 3 rings (SSSR count). The third kappa shape index (κ3) is 3.24. The summed E-state index contributed by atoms with van der Waals surface area (Å²) in [6.07, 6.45) is 5.06. The number of carbonyl (C=O) groups is 1. The largest absolute Gasteiger partial charge is 0.456 e.